The Bertz CT molecular complexity index is 252. The second kappa shape index (κ2) is 18.4. The third kappa shape index (κ3) is 15.8. The van der Waals surface area contributed by atoms with Gasteiger partial charge in [-0.3, -0.25) is 0 Å². The maximum Gasteiger partial charge on any atom is 0.157 e. The van der Waals surface area contributed by atoms with E-state index in [4.69, 9.17) is 9.47 Å². The van der Waals surface area contributed by atoms with E-state index in [0.717, 1.165) is 19.6 Å². The Morgan fingerprint density at radius 1 is 0.682 bits per heavy atom. The fourth-order valence-electron chi connectivity index (χ4n) is 2.36. The van der Waals surface area contributed by atoms with Crippen LogP contribution >= 0.6 is 0 Å². The summed E-state index contributed by atoms with van der Waals surface area (Å²) in [7, 11) is 0. The van der Waals surface area contributed by atoms with Crippen LogP contribution in [0.5, 0.6) is 0 Å². The van der Waals surface area contributed by atoms with Crippen molar-refractivity contribution in [1.82, 2.24) is 0 Å². The van der Waals surface area contributed by atoms with Crippen molar-refractivity contribution >= 4 is 0 Å². The zero-order valence-electron chi connectivity index (χ0n) is 15.2. The van der Waals surface area contributed by atoms with Gasteiger partial charge in [-0.25, -0.2) is 0 Å². The van der Waals surface area contributed by atoms with Crippen LogP contribution in [-0.2, 0) is 9.47 Å². The molecule has 2 nitrogen and oxygen atoms in total. The molecule has 2 heteroatoms. The van der Waals surface area contributed by atoms with E-state index in [0.29, 0.717) is 0 Å². The lowest BCUT2D eigenvalue weighted by Crippen LogP contribution is -2.17. The minimum Gasteiger partial charge on any atom is -0.353 e. The standard InChI is InChI=1S/C20H38O2/c1-4-7-8-9-10-11-12-13-14-15-16-17-18-19-20(21-5-2)22-6-3/h9-12,20H,4-8,13-19H2,1-3H3/b10-9+,12-11-. The Hall–Kier alpha value is -0.600. The molecule has 22 heavy (non-hydrogen) atoms. The second-order valence-electron chi connectivity index (χ2n) is 5.68. The van der Waals surface area contributed by atoms with E-state index in [1.54, 1.807) is 0 Å². The first-order valence-electron chi connectivity index (χ1n) is 9.39. The predicted molar refractivity (Wildman–Crippen MR) is 97.2 cm³/mol. The van der Waals surface area contributed by atoms with Gasteiger partial charge in [-0.1, -0.05) is 63.3 Å². The average Bonchev–Trinajstić information content (AvgIpc) is 2.52. The van der Waals surface area contributed by atoms with Crippen molar-refractivity contribution in [2.75, 3.05) is 13.2 Å². The van der Waals surface area contributed by atoms with Crippen LogP contribution < -0.4 is 0 Å². The Morgan fingerprint density at radius 3 is 1.82 bits per heavy atom. The van der Waals surface area contributed by atoms with Gasteiger partial charge in [-0.15, -0.1) is 0 Å². The van der Waals surface area contributed by atoms with Crippen LogP contribution in [-0.4, -0.2) is 19.5 Å². The first-order chi connectivity index (χ1) is 10.8. The van der Waals surface area contributed by atoms with Crippen molar-refractivity contribution in [3.63, 3.8) is 0 Å². The molecule has 0 saturated carbocycles. The molecule has 0 N–H and O–H groups in total. The first-order valence-corrected chi connectivity index (χ1v) is 9.39. The van der Waals surface area contributed by atoms with Gasteiger partial charge in [-0.2, -0.15) is 0 Å². The summed E-state index contributed by atoms with van der Waals surface area (Å²) in [5, 5.41) is 0. The normalized spacial score (nSPS) is 12.2. The van der Waals surface area contributed by atoms with Gasteiger partial charge in [0.1, 0.15) is 0 Å². The molecule has 0 aliphatic carbocycles. The third-order valence-corrected chi connectivity index (χ3v) is 3.62. The molecule has 0 aromatic rings. The summed E-state index contributed by atoms with van der Waals surface area (Å²) >= 11 is 0. The third-order valence-electron chi connectivity index (χ3n) is 3.62. The minimum absolute atomic E-state index is 0.0115. The SMILES string of the molecule is CCCC/C=C/C=C\CCCCCCCC(OCC)OCC. The number of hydrogen-bond donors (Lipinski definition) is 0. The predicted octanol–water partition coefficient (Wildman–Crippen LogP) is 6.42. The lowest BCUT2D eigenvalue weighted by Gasteiger charge is -2.16. The molecule has 0 bridgehead atoms. The number of allylic oxidation sites excluding steroid dienone is 4. The van der Waals surface area contributed by atoms with Crippen LogP contribution in [0, 0.1) is 0 Å². The highest BCUT2D eigenvalue weighted by molar-refractivity contribution is 5.02. The number of hydrogen-bond acceptors (Lipinski definition) is 2. The Balaban J connectivity index is 3.35. The molecule has 0 unspecified atom stereocenters. The summed E-state index contributed by atoms with van der Waals surface area (Å²) in [6.45, 7) is 7.77. The van der Waals surface area contributed by atoms with Crippen LogP contribution in [0.3, 0.4) is 0 Å². The molecular weight excluding hydrogens is 272 g/mol. The highest BCUT2D eigenvalue weighted by Crippen LogP contribution is 2.11. The Morgan fingerprint density at radius 2 is 1.23 bits per heavy atom. The van der Waals surface area contributed by atoms with Crippen LogP contribution in [0.1, 0.15) is 85.0 Å². The highest BCUT2D eigenvalue weighted by atomic mass is 16.7. The van der Waals surface area contributed by atoms with Gasteiger partial charge < -0.3 is 9.47 Å². The van der Waals surface area contributed by atoms with E-state index in [9.17, 15) is 0 Å². The maximum absolute atomic E-state index is 5.55. The number of unbranched alkanes of at least 4 members (excludes halogenated alkanes) is 7. The van der Waals surface area contributed by atoms with Crippen molar-refractivity contribution in [1.29, 1.82) is 0 Å². The summed E-state index contributed by atoms with van der Waals surface area (Å²) in [4.78, 5) is 0. The summed E-state index contributed by atoms with van der Waals surface area (Å²) in [5.74, 6) is 0. The quantitative estimate of drug-likeness (QED) is 0.186. The maximum atomic E-state index is 5.55. The Labute approximate surface area is 139 Å². The lowest BCUT2D eigenvalue weighted by atomic mass is 10.1. The van der Waals surface area contributed by atoms with E-state index in [2.05, 4.69) is 31.2 Å². The van der Waals surface area contributed by atoms with E-state index in [1.807, 2.05) is 13.8 Å². The molecule has 0 aromatic carbocycles. The summed E-state index contributed by atoms with van der Waals surface area (Å²) in [6, 6.07) is 0. The fraction of sp³-hybridized carbons (Fsp3) is 0.800. The smallest absolute Gasteiger partial charge is 0.157 e. The van der Waals surface area contributed by atoms with Gasteiger partial charge >= 0.3 is 0 Å². The Kier molecular flexibility index (Phi) is 17.9. The molecule has 0 heterocycles. The molecule has 130 valence electrons. The summed E-state index contributed by atoms with van der Waals surface area (Å²) < 4.78 is 11.1. The van der Waals surface area contributed by atoms with Gasteiger partial charge in [0.25, 0.3) is 0 Å². The van der Waals surface area contributed by atoms with Crippen molar-refractivity contribution in [3.05, 3.63) is 24.3 Å². The van der Waals surface area contributed by atoms with Gasteiger partial charge in [0, 0.05) is 13.2 Å². The topological polar surface area (TPSA) is 18.5 Å². The van der Waals surface area contributed by atoms with Gasteiger partial charge in [0.15, 0.2) is 6.29 Å². The average molecular weight is 311 g/mol. The van der Waals surface area contributed by atoms with E-state index in [-0.39, 0.29) is 6.29 Å². The van der Waals surface area contributed by atoms with E-state index >= 15 is 0 Å². The molecule has 0 spiro atoms. The van der Waals surface area contributed by atoms with Gasteiger partial charge in [0.2, 0.25) is 0 Å². The van der Waals surface area contributed by atoms with Crippen molar-refractivity contribution in [2.45, 2.75) is 91.3 Å². The van der Waals surface area contributed by atoms with Crippen molar-refractivity contribution < 1.29 is 9.47 Å². The van der Waals surface area contributed by atoms with Crippen LogP contribution in [0.15, 0.2) is 24.3 Å². The highest BCUT2D eigenvalue weighted by Gasteiger charge is 2.06. The second-order valence-corrected chi connectivity index (χ2v) is 5.68. The zero-order chi connectivity index (χ0) is 16.3. The minimum atomic E-state index is 0.0115. The van der Waals surface area contributed by atoms with Crippen molar-refractivity contribution in [2.24, 2.45) is 0 Å². The van der Waals surface area contributed by atoms with E-state index in [1.165, 1.54) is 57.8 Å². The molecule has 0 aliphatic rings. The van der Waals surface area contributed by atoms with Gasteiger partial charge in [-0.05, 0) is 46.0 Å². The van der Waals surface area contributed by atoms with Gasteiger partial charge in [0.05, 0.1) is 0 Å². The van der Waals surface area contributed by atoms with Crippen LogP contribution in [0.2, 0.25) is 0 Å². The van der Waals surface area contributed by atoms with E-state index < -0.39 is 0 Å². The molecule has 0 rings (SSSR count). The molecule has 0 aliphatic heterocycles. The molecule has 0 aromatic heterocycles. The largest absolute Gasteiger partial charge is 0.353 e. The molecule has 0 atom stereocenters. The van der Waals surface area contributed by atoms with Crippen LogP contribution in [0.25, 0.3) is 0 Å². The zero-order valence-corrected chi connectivity index (χ0v) is 15.2. The first kappa shape index (κ1) is 21.4. The fourth-order valence-corrected chi connectivity index (χ4v) is 2.36. The molecule has 0 saturated heterocycles. The summed E-state index contributed by atoms with van der Waals surface area (Å²) in [5.41, 5.74) is 0. The summed E-state index contributed by atoms with van der Waals surface area (Å²) in [6.07, 6.45) is 21.5. The lowest BCUT2D eigenvalue weighted by molar-refractivity contribution is -0.140. The molecular formula is C20H38O2. The molecule has 0 fully saturated rings. The molecule has 0 amide bonds. The molecule has 0 radical (unpaired) electrons. The monoisotopic (exact) mass is 310 g/mol. The number of ether oxygens (including phenoxy) is 2. The van der Waals surface area contributed by atoms with Crippen LogP contribution in [0.4, 0.5) is 0 Å². The number of rotatable bonds is 16. The van der Waals surface area contributed by atoms with Crippen molar-refractivity contribution in [3.8, 4) is 0 Å².